The fourth-order valence-electron chi connectivity index (χ4n) is 1.33. The lowest BCUT2D eigenvalue weighted by molar-refractivity contribution is 0.0835. The molecule has 1 aliphatic carbocycles. The number of halogens is 1. The van der Waals surface area contributed by atoms with Crippen molar-refractivity contribution in [2.75, 3.05) is 5.32 Å². The Kier molecular flexibility index (Phi) is 2.10. The van der Waals surface area contributed by atoms with Crippen LogP contribution >= 0.6 is 0 Å². The minimum Gasteiger partial charge on any atom is -0.393 e. The van der Waals surface area contributed by atoms with Gasteiger partial charge in [0.1, 0.15) is 5.82 Å². The van der Waals surface area contributed by atoms with Crippen molar-refractivity contribution in [1.82, 2.24) is 9.97 Å². The molecule has 0 aliphatic heterocycles. The molecule has 0 spiro atoms. The molecular weight excluding hydrogens is 173 g/mol. The molecule has 1 aromatic rings. The van der Waals surface area contributed by atoms with Crippen LogP contribution in [0.4, 0.5) is 10.2 Å². The number of anilines is 1. The van der Waals surface area contributed by atoms with Crippen molar-refractivity contribution in [3.8, 4) is 0 Å². The summed E-state index contributed by atoms with van der Waals surface area (Å²) in [5.74, 6) is -0.165. The third-order valence-electron chi connectivity index (χ3n) is 2.07. The van der Waals surface area contributed by atoms with Gasteiger partial charge >= 0.3 is 0 Å². The van der Waals surface area contributed by atoms with Crippen molar-refractivity contribution >= 4 is 5.82 Å². The van der Waals surface area contributed by atoms with Crippen LogP contribution in [-0.4, -0.2) is 27.2 Å². The first-order valence-electron chi connectivity index (χ1n) is 4.16. The highest BCUT2D eigenvalue weighted by atomic mass is 19.1. The quantitative estimate of drug-likeness (QED) is 0.703. The monoisotopic (exact) mass is 183 g/mol. The van der Waals surface area contributed by atoms with E-state index in [2.05, 4.69) is 15.3 Å². The van der Waals surface area contributed by atoms with Crippen LogP contribution in [-0.2, 0) is 0 Å². The van der Waals surface area contributed by atoms with Crippen molar-refractivity contribution < 1.29 is 9.50 Å². The maximum atomic E-state index is 12.6. The van der Waals surface area contributed by atoms with Crippen LogP contribution in [0.25, 0.3) is 0 Å². The second-order valence-corrected chi connectivity index (χ2v) is 3.19. The van der Waals surface area contributed by atoms with Gasteiger partial charge in [-0.25, -0.2) is 0 Å². The lowest BCUT2D eigenvalue weighted by Crippen LogP contribution is -2.39. The summed E-state index contributed by atoms with van der Waals surface area (Å²) in [5, 5.41) is 12.0. The zero-order chi connectivity index (χ0) is 9.26. The van der Waals surface area contributed by atoms with Gasteiger partial charge in [-0.1, -0.05) is 0 Å². The number of aromatic nitrogens is 2. The van der Waals surface area contributed by atoms with Crippen LogP contribution in [0.1, 0.15) is 12.8 Å². The Hall–Kier alpha value is -1.23. The van der Waals surface area contributed by atoms with E-state index in [1.54, 1.807) is 0 Å². The van der Waals surface area contributed by atoms with Gasteiger partial charge in [-0.15, -0.1) is 0 Å². The van der Waals surface area contributed by atoms with Gasteiger partial charge < -0.3 is 10.4 Å². The Balaban J connectivity index is 1.94. The first-order chi connectivity index (χ1) is 6.24. The van der Waals surface area contributed by atoms with Crippen molar-refractivity contribution in [2.24, 2.45) is 0 Å². The summed E-state index contributed by atoms with van der Waals surface area (Å²) in [4.78, 5) is 7.25. The molecule has 13 heavy (non-hydrogen) atoms. The zero-order valence-electron chi connectivity index (χ0n) is 6.94. The smallest absolute Gasteiger partial charge is 0.233 e. The van der Waals surface area contributed by atoms with Gasteiger partial charge in [0.25, 0.3) is 0 Å². The molecule has 4 nitrogen and oxygen atoms in total. The maximum Gasteiger partial charge on any atom is 0.233 e. The highest BCUT2D eigenvalue weighted by molar-refractivity contribution is 5.32. The molecule has 0 amide bonds. The fourth-order valence-corrected chi connectivity index (χ4v) is 1.33. The summed E-state index contributed by atoms with van der Waals surface area (Å²) in [6, 6.07) is 0.200. The maximum absolute atomic E-state index is 12.6. The SMILES string of the molecule is OC1CC(Nc2cncc(F)n2)C1. The highest BCUT2D eigenvalue weighted by Gasteiger charge is 2.27. The van der Waals surface area contributed by atoms with Gasteiger partial charge in [-0.05, 0) is 12.8 Å². The number of hydrogen-bond acceptors (Lipinski definition) is 4. The topological polar surface area (TPSA) is 58.0 Å². The van der Waals surface area contributed by atoms with Crippen LogP contribution in [0.15, 0.2) is 12.4 Å². The van der Waals surface area contributed by atoms with E-state index in [0.29, 0.717) is 18.7 Å². The lowest BCUT2D eigenvalue weighted by Gasteiger charge is -2.32. The molecule has 2 rings (SSSR count). The van der Waals surface area contributed by atoms with E-state index < -0.39 is 5.95 Å². The second kappa shape index (κ2) is 3.26. The predicted molar refractivity (Wildman–Crippen MR) is 44.6 cm³/mol. The van der Waals surface area contributed by atoms with E-state index in [4.69, 9.17) is 5.11 Å². The van der Waals surface area contributed by atoms with Gasteiger partial charge in [0.05, 0.1) is 18.5 Å². The van der Waals surface area contributed by atoms with Crippen molar-refractivity contribution in [3.63, 3.8) is 0 Å². The van der Waals surface area contributed by atoms with E-state index >= 15 is 0 Å². The van der Waals surface area contributed by atoms with Crippen LogP contribution < -0.4 is 5.32 Å². The first kappa shape index (κ1) is 8.37. The van der Waals surface area contributed by atoms with E-state index in [-0.39, 0.29) is 12.1 Å². The number of aliphatic hydroxyl groups excluding tert-OH is 1. The molecule has 1 aromatic heterocycles. The predicted octanol–water partition coefficient (Wildman–Crippen LogP) is 0.551. The van der Waals surface area contributed by atoms with Gasteiger partial charge in [0.15, 0.2) is 0 Å². The molecule has 1 aliphatic rings. The van der Waals surface area contributed by atoms with Gasteiger partial charge in [-0.3, -0.25) is 4.98 Å². The Bertz CT molecular complexity index is 301. The van der Waals surface area contributed by atoms with E-state index in [9.17, 15) is 4.39 Å². The summed E-state index contributed by atoms with van der Waals surface area (Å²) >= 11 is 0. The molecule has 0 aromatic carbocycles. The molecule has 2 N–H and O–H groups in total. The molecule has 1 heterocycles. The summed E-state index contributed by atoms with van der Waals surface area (Å²) in [6.45, 7) is 0. The first-order valence-corrected chi connectivity index (χ1v) is 4.16. The number of hydrogen-bond donors (Lipinski definition) is 2. The number of nitrogens with one attached hydrogen (secondary N) is 1. The Labute approximate surface area is 74.8 Å². The average Bonchev–Trinajstić information content (AvgIpc) is 2.01. The van der Waals surface area contributed by atoms with Crippen molar-refractivity contribution in [2.45, 2.75) is 25.0 Å². The van der Waals surface area contributed by atoms with Crippen molar-refractivity contribution in [1.29, 1.82) is 0 Å². The van der Waals surface area contributed by atoms with Gasteiger partial charge in [0, 0.05) is 6.04 Å². The zero-order valence-corrected chi connectivity index (χ0v) is 6.94. The minimum absolute atomic E-state index is 0.200. The molecular formula is C8H10FN3O. The molecule has 0 unspecified atom stereocenters. The molecule has 70 valence electrons. The molecule has 5 heteroatoms. The standard InChI is InChI=1S/C8H10FN3O/c9-7-3-10-4-8(12-7)11-5-1-6(13)2-5/h3-6,13H,1-2H2,(H,11,12). The Morgan fingerprint density at radius 2 is 2.23 bits per heavy atom. The Morgan fingerprint density at radius 1 is 1.46 bits per heavy atom. The van der Waals surface area contributed by atoms with E-state index in [1.165, 1.54) is 6.20 Å². The normalized spacial score (nSPS) is 26.6. The van der Waals surface area contributed by atoms with Crippen molar-refractivity contribution in [3.05, 3.63) is 18.3 Å². The van der Waals surface area contributed by atoms with Crippen LogP contribution in [0.2, 0.25) is 0 Å². The van der Waals surface area contributed by atoms with Gasteiger partial charge in [0.2, 0.25) is 5.95 Å². The number of aliphatic hydroxyl groups is 1. The fraction of sp³-hybridized carbons (Fsp3) is 0.500. The summed E-state index contributed by atoms with van der Waals surface area (Å²) in [7, 11) is 0. The number of nitrogens with zero attached hydrogens (tertiary/aromatic N) is 2. The van der Waals surface area contributed by atoms with Gasteiger partial charge in [-0.2, -0.15) is 9.37 Å². The third-order valence-corrected chi connectivity index (χ3v) is 2.07. The largest absolute Gasteiger partial charge is 0.393 e. The molecule has 1 fully saturated rings. The van der Waals surface area contributed by atoms with Crippen LogP contribution in [0.5, 0.6) is 0 Å². The van der Waals surface area contributed by atoms with E-state index in [1.807, 2.05) is 0 Å². The highest BCUT2D eigenvalue weighted by Crippen LogP contribution is 2.22. The molecule has 0 atom stereocenters. The summed E-state index contributed by atoms with van der Waals surface area (Å²) < 4.78 is 12.6. The molecule has 0 bridgehead atoms. The average molecular weight is 183 g/mol. The summed E-state index contributed by atoms with van der Waals surface area (Å²) in [6.07, 6.45) is 3.68. The molecule has 1 saturated carbocycles. The van der Waals surface area contributed by atoms with Crippen LogP contribution in [0, 0.1) is 5.95 Å². The third kappa shape index (κ3) is 1.92. The second-order valence-electron chi connectivity index (χ2n) is 3.19. The summed E-state index contributed by atoms with van der Waals surface area (Å²) in [5.41, 5.74) is 0. The lowest BCUT2D eigenvalue weighted by atomic mass is 9.90. The minimum atomic E-state index is -0.593. The Morgan fingerprint density at radius 3 is 2.85 bits per heavy atom. The van der Waals surface area contributed by atoms with E-state index in [0.717, 1.165) is 6.20 Å². The molecule has 0 radical (unpaired) electrons. The number of rotatable bonds is 2. The molecule has 0 saturated heterocycles. The van der Waals surface area contributed by atoms with Crippen LogP contribution in [0.3, 0.4) is 0 Å².